The molecule has 3 rings (SSSR count). The fraction of sp³-hybridized carbons (Fsp3) is 0.364. The zero-order valence-corrected chi connectivity index (χ0v) is 18.2. The molecule has 0 bridgehead atoms. The third kappa shape index (κ3) is 4.88. The van der Waals surface area contributed by atoms with Crippen molar-refractivity contribution in [1.29, 1.82) is 0 Å². The number of carbonyl (C=O) groups excluding carboxylic acids is 2. The Morgan fingerprint density at radius 3 is 2.47 bits per heavy atom. The van der Waals surface area contributed by atoms with Crippen molar-refractivity contribution in [3.05, 3.63) is 54.1 Å². The molecule has 0 spiro atoms. The van der Waals surface area contributed by atoms with Crippen molar-refractivity contribution in [2.24, 2.45) is 5.92 Å². The lowest BCUT2D eigenvalue weighted by Gasteiger charge is -2.19. The number of carbonyl (C=O) groups is 2. The van der Waals surface area contributed by atoms with E-state index in [4.69, 9.17) is 0 Å². The maximum absolute atomic E-state index is 12.7. The highest BCUT2D eigenvalue weighted by Gasteiger charge is 2.35. The van der Waals surface area contributed by atoms with Crippen molar-refractivity contribution in [2.75, 3.05) is 16.8 Å². The first-order valence-electron chi connectivity index (χ1n) is 10.0. The lowest BCUT2D eigenvalue weighted by molar-refractivity contribution is -0.122. The van der Waals surface area contributed by atoms with Gasteiger partial charge in [0, 0.05) is 30.4 Å². The summed E-state index contributed by atoms with van der Waals surface area (Å²) in [4.78, 5) is 26.9. The molecule has 1 aliphatic heterocycles. The maximum atomic E-state index is 12.7. The van der Waals surface area contributed by atoms with Crippen molar-refractivity contribution in [3.8, 4) is 0 Å². The topological polar surface area (TPSA) is 95.6 Å². The number of sulfonamides is 1. The van der Waals surface area contributed by atoms with Crippen molar-refractivity contribution in [1.82, 2.24) is 4.72 Å². The van der Waals surface area contributed by atoms with Crippen molar-refractivity contribution in [3.63, 3.8) is 0 Å². The van der Waals surface area contributed by atoms with Gasteiger partial charge >= 0.3 is 0 Å². The molecule has 1 heterocycles. The Morgan fingerprint density at radius 1 is 1.17 bits per heavy atom. The lowest BCUT2D eigenvalue weighted by atomic mass is 10.1. The van der Waals surface area contributed by atoms with E-state index in [1.54, 1.807) is 24.0 Å². The predicted molar refractivity (Wildman–Crippen MR) is 117 cm³/mol. The summed E-state index contributed by atoms with van der Waals surface area (Å²) >= 11 is 0. The number of hydrogen-bond donors (Lipinski definition) is 2. The van der Waals surface area contributed by atoms with Crippen LogP contribution in [0.4, 0.5) is 11.4 Å². The smallest absolute Gasteiger partial charge is 0.240 e. The minimum Gasteiger partial charge on any atom is -0.326 e. The van der Waals surface area contributed by atoms with Gasteiger partial charge in [-0.1, -0.05) is 25.1 Å². The Bertz CT molecular complexity index is 1030. The molecule has 1 saturated heterocycles. The standard InChI is InChI=1S/C22H27N3O4S/c1-4-16(3)24-30(28,29)19-11-9-18(10-12-19)23-22(27)17-13-21(26)25(14-17)20-8-6-5-7-15(20)2/h5-12,16-17,24H,4,13-14H2,1-3H3,(H,23,27)/t16-,17+/m1/s1. The first-order valence-corrected chi connectivity index (χ1v) is 11.5. The third-order valence-electron chi connectivity index (χ3n) is 5.30. The van der Waals surface area contributed by atoms with Gasteiger partial charge in [-0.25, -0.2) is 13.1 Å². The van der Waals surface area contributed by atoms with Crippen LogP contribution < -0.4 is 14.9 Å². The molecule has 1 fully saturated rings. The monoisotopic (exact) mass is 429 g/mol. The van der Waals surface area contributed by atoms with Crippen molar-refractivity contribution in [2.45, 2.75) is 44.6 Å². The molecule has 0 saturated carbocycles. The van der Waals surface area contributed by atoms with E-state index in [2.05, 4.69) is 10.0 Å². The van der Waals surface area contributed by atoms with Crippen LogP contribution in [-0.2, 0) is 19.6 Å². The van der Waals surface area contributed by atoms with Crippen LogP contribution in [0.2, 0.25) is 0 Å². The van der Waals surface area contributed by atoms with Gasteiger partial charge in [-0.05, 0) is 56.2 Å². The first-order chi connectivity index (χ1) is 14.2. The molecule has 30 heavy (non-hydrogen) atoms. The van der Waals surface area contributed by atoms with Gasteiger partial charge < -0.3 is 10.2 Å². The highest BCUT2D eigenvalue weighted by atomic mass is 32.2. The Kier molecular flexibility index (Phi) is 6.58. The summed E-state index contributed by atoms with van der Waals surface area (Å²) in [6.07, 6.45) is 0.832. The maximum Gasteiger partial charge on any atom is 0.240 e. The van der Waals surface area contributed by atoms with Gasteiger partial charge in [-0.3, -0.25) is 9.59 Å². The van der Waals surface area contributed by atoms with Gasteiger partial charge in [0.2, 0.25) is 21.8 Å². The van der Waals surface area contributed by atoms with Crippen molar-refractivity contribution >= 4 is 33.2 Å². The minimum absolute atomic E-state index is 0.0815. The van der Waals surface area contributed by atoms with E-state index in [9.17, 15) is 18.0 Å². The van der Waals surface area contributed by atoms with E-state index in [-0.39, 0.29) is 29.2 Å². The van der Waals surface area contributed by atoms with Crippen LogP contribution in [0.3, 0.4) is 0 Å². The van der Waals surface area contributed by atoms with Gasteiger partial charge in [0.1, 0.15) is 0 Å². The van der Waals surface area contributed by atoms with E-state index in [1.807, 2.05) is 38.1 Å². The molecule has 1 aliphatic rings. The van der Waals surface area contributed by atoms with Crippen LogP contribution in [0.25, 0.3) is 0 Å². The molecule has 0 radical (unpaired) electrons. The Morgan fingerprint density at radius 2 is 1.83 bits per heavy atom. The van der Waals surface area contributed by atoms with Crippen LogP contribution in [0.15, 0.2) is 53.4 Å². The molecule has 2 aromatic rings. The second-order valence-corrected chi connectivity index (χ2v) is 9.35. The Balaban J connectivity index is 1.65. The van der Waals surface area contributed by atoms with Gasteiger partial charge in [0.25, 0.3) is 0 Å². The molecule has 0 aliphatic carbocycles. The lowest BCUT2D eigenvalue weighted by Crippen LogP contribution is -2.32. The van der Waals surface area contributed by atoms with E-state index in [0.717, 1.165) is 11.3 Å². The highest BCUT2D eigenvalue weighted by Crippen LogP contribution is 2.28. The second kappa shape index (κ2) is 8.97. The van der Waals surface area contributed by atoms with Gasteiger partial charge in [0.15, 0.2) is 0 Å². The van der Waals surface area contributed by atoms with Crippen LogP contribution in [-0.4, -0.2) is 32.8 Å². The molecule has 2 N–H and O–H groups in total. The zero-order valence-electron chi connectivity index (χ0n) is 17.4. The summed E-state index contributed by atoms with van der Waals surface area (Å²) in [5, 5.41) is 2.79. The van der Waals surface area contributed by atoms with Crippen molar-refractivity contribution < 1.29 is 18.0 Å². The summed E-state index contributed by atoms with van der Waals surface area (Å²) in [6, 6.07) is 13.4. The van der Waals surface area contributed by atoms with Gasteiger partial charge in [0.05, 0.1) is 10.8 Å². The number of hydrogen-bond acceptors (Lipinski definition) is 4. The molecular weight excluding hydrogens is 402 g/mol. The van der Waals surface area contributed by atoms with E-state index in [1.165, 1.54) is 12.1 Å². The first kappa shape index (κ1) is 22.0. The highest BCUT2D eigenvalue weighted by molar-refractivity contribution is 7.89. The summed E-state index contributed by atoms with van der Waals surface area (Å²) in [6.45, 7) is 5.96. The average molecular weight is 430 g/mol. The summed E-state index contributed by atoms with van der Waals surface area (Å²) in [5.74, 6) is -0.803. The Hall–Kier alpha value is -2.71. The van der Waals surface area contributed by atoms with Crippen LogP contribution in [0, 0.1) is 12.8 Å². The van der Waals surface area contributed by atoms with E-state index >= 15 is 0 Å². The quantitative estimate of drug-likeness (QED) is 0.707. The molecule has 2 amide bonds. The molecule has 8 heteroatoms. The molecule has 0 aromatic heterocycles. The number of para-hydroxylation sites is 1. The fourth-order valence-corrected chi connectivity index (χ4v) is 4.69. The zero-order chi connectivity index (χ0) is 21.9. The Labute approximate surface area is 177 Å². The van der Waals surface area contributed by atoms with E-state index < -0.39 is 15.9 Å². The van der Waals surface area contributed by atoms with Gasteiger partial charge in [-0.15, -0.1) is 0 Å². The number of rotatable bonds is 7. The summed E-state index contributed by atoms with van der Waals surface area (Å²) < 4.78 is 27.3. The molecule has 2 aromatic carbocycles. The van der Waals surface area contributed by atoms with Crippen LogP contribution in [0.5, 0.6) is 0 Å². The number of aryl methyl sites for hydroxylation is 1. The summed E-state index contributed by atoms with van der Waals surface area (Å²) in [7, 11) is -3.60. The normalized spacial score (nSPS) is 17.8. The third-order valence-corrected chi connectivity index (χ3v) is 6.91. The second-order valence-electron chi connectivity index (χ2n) is 7.64. The number of anilines is 2. The average Bonchev–Trinajstić information content (AvgIpc) is 3.10. The van der Waals surface area contributed by atoms with Crippen LogP contribution >= 0.6 is 0 Å². The fourth-order valence-electron chi connectivity index (χ4n) is 3.36. The predicted octanol–water partition coefficient (Wildman–Crippen LogP) is 3.06. The number of nitrogens with one attached hydrogen (secondary N) is 2. The molecule has 0 unspecified atom stereocenters. The number of nitrogens with zero attached hydrogens (tertiary/aromatic N) is 1. The molecule has 160 valence electrons. The summed E-state index contributed by atoms with van der Waals surface area (Å²) in [5.41, 5.74) is 2.29. The SMILES string of the molecule is CC[C@@H](C)NS(=O)(=O)c1ccc(NC(=O)[C@H]2CC(=O)N(c3ccccc3C)C2)cc1. The number of benzene rings is 2. The van der Waals surface area contributed by atoms with E-state index in [0.29, 0.717) is 18.7 Å². The van der Waals surface area contributed by atoms with Crippen LogP contribution in [0.1, 0.15) is 32.3 Å². The molecule has 2 atom stereocenters. The van der Waals surface area contributed by atoms with Gasteiger partial charge in [-0.2, -0.15) is 0 Å². The minimum atomic E-state index is -3.60. The number of amides is 2. The molecule has 7 nitrogen and oxygen atoms in total. The molecular formula is C22H27N3O4S. The largest absolute Gasteiger partial charge is 0.326 e.